The molecular weight excluding hydrogens is 418 g/mol. The molecule has 1 heterocycles. The lowest BCUT2D eigenvalue weighted by Crippen LogP contribution is -2.35. The average molecular weight is 432 g/mol. The lowest BCUT2D eigenvalue weighted by Gasteiger charge is -2.13. The maximum atomic E-state index is 12.6. The highest BCUT2D eigenvalue weighted by atomic mass is 79.9. The van der Waals surface area contributed by atoms with Crippen LogP contribution in [0.15, 0.2) is 52.5 Å². The SMILES string of the molecule is CCOc1c(Br)cc(/C=C2/C(=O)NN(c3ccccc3)C2=O)cc1[N+](=O)[O-]. The number of amides is 2. The first-order valence-corrected chi connectivity index (χ1v) is 8.74. The Balaban J connectivity index is 2.00. The van der Waals surface area contributed by atoms with E-state index in [1.807, 2.05) is 0 Å². The van der Waals surface area contributed by atoms with Crippen molar-refractivity contribution in [2.45, 2.75) is 6.92 Å². The van der Waals surface area contributed by atoms with Gasteiger partial charge in [-0.05, 0) is 52.7 Å². The predicted octanol–water partition coefficient (Wildman–Crippen LogP) is 3.22. The molecular formula is C18H14BrN3O5. The largest absolute Gasteiger partial charge is 0.486 e. The molecule has 2 aromatic rings. The number of rotatable bonds is 5. The van der Waals surface area contributed by atoms with E-state index in [1.165, 1.54) is 12.1 Å². The topological polar surface area (TPSA) is 102 Å². The van der Waals surface area contributed by atoms with Crippen LogP contribution >= 0.6 is 15.9 Å². The lowest BCUT2D eigenvalue weighted by atomic mass is 10.1. The van der Waals surface area contributed by atoms with Crippen molar-refractivity contribution in [1.82, 2.24) is 5.43 Å². The van der Waals surface area contributed by atoms with E-state index in [2.05, 4.69) is 21.4 Å². The van der Waals surface area contributed by atoms with E-state index in [0.29, 0.717) is 15.7 Å². The van der Waals surface area contributed by atoms with E-state index in [4.69, 9.17) is 4.74 Å². The zero-order valence-corrected chi connectivity index (χ0v) is 15.7. The fraction of sp³-hybridized carbons (Fsp3) is 0.111. The van der Waals surface area contributed by atoms with Crippen LogP contribution in [0.2, 0.25) is 0 Å². The van der Waals surface area contributed by atoms with Gasteiger partial charge in [0.05, 0.1) is 21.7 Å². The van der Waals surface area contributed by atoms with Crippen molar-refractivity contribution in [3.8, 4) is 5.75 Å². The molecule has 0 unspecified atom stereocenters. The van der Waals surface area contributed by atoms with Crippen LogP contribution in [0.1, 0.15) is 12.5 Å². The van der Waals surface area contributed by atoms with Gasteiger partial charge in [0.2, 0.25) is 5.75 Å². The summed E-state index contributed by atoms with van der Waals surface area (Å²) in [5.41, 5.74) is 2.94. The van der Waals surface area contributed by atoms with Crippen LogP contribution in [0.4, 0.5) is 11.4 Å². The summed E-state index contributed by atoms with van der Waals surface area (Å²) in [6, 6.07) is 11.4. The fourth-order valence-corrected chi connectivity index (χ4v) is 3.17. The number of hydrazine groups is 1. The molecule has 0 bridgehead atoms. The van der Waals surface area contributed by atoms with Gasteiger partial charge < -0.3 is 4.74 Å². The first-order valence-electron chi connectivity index (χ1n) is 7.95. The van der Waals surface area contributed by atoms with Crippen LogP contribution < -0.4 is 15.2 Å². The van der Waals surface area contributed by atoms with Gasteiger partial charge in [0, 0.05) is 6.07 Å². The zero-order valence-electron chi connectivity index (χ0n) is 14.1. The Morgan fingerprint density at radius 1 is 1.26 bits per heavy atom. The molecule has 0 aromatic heterocycles. The van der Waals surface area contributed by atoms with Crippen molar-refractivity contribution < 1.29 is 19.2 Å². The summed E-state index contributed by atoms with van der Waals surface area (Å²) in [6.45, 7) is 1.97. The second kappa shape index (κ2) is 7.58. The Bertz CT molecular complexity index is 959. The highest BCUT2D eigenvalue weighted by molar-refractivity contribution is 9.10. The molecule has 3 rings (SSSR count). The number of hydrogen-bond acceptors (Lipinski definition) is 5. The monoisotopic (exact) mass is 431 g/mol. The Kier molecular flexibility index (Phi) is 5.22. The number of nitrogens with one attached hydrogen (secondary N) is 1. The minimum Gasteiger partial charge on any atom is -0.486 e. The van der Waals surface area contributed by atoms with E-state index in [0.717, 1.165) is 5.01 Å². The number of halogens is 1. The van der Waals surface area contributed by atoms with Gasteiger partial charge in [0.1, 0.15) is 5.57 Å². The highest BCUT2D eigenvalue weighted by Gasteiger charge is 2.34. The standard InChI is InChI=1S/C18H14BrN3O5/c1-2-27-16-14(19)9-11(10-15(16)22(25)26)8-13-17(23)20-21(18(13)24)12-6-4-3-5-7-12/h3-10H,2H2,1H3,(H,20,23)/b13-8-. The minimum atomic E-state index is -0.587. The Hall–Kier alpha value is -3.20. The van der Waals surface area contributed by atoms with Gasteiger partial charge in [-0.2, -0.15) is 0 Å². The van der Waals surface area contributed by atoms with Gasteiger partial charge in [0.15, 0.2) is 0 Å². The smallest absolute Gasteiger partial charge is 0.312 e. The molecule has 138 valence electrons. The number of carbonyl (C=O) groups is 2. The van der Waals surface area contributed by atoms with Gasteiger partial charge in [0.25, 0.3) is 11.8 Å². The molecule has 0 saturated carbocycles. The summed E-state index contributed by atoms with van der Waals surface area (Å²) in [5, 5.41) is 12.5. The van der Waals surface area contributed by atoms with Gasteiger partial charge in [-0.25, -0.2) is 5.01 Å². The average Bonchev–Trinajstić information content (AvgIpc) is 2.92. The Labute approximate surface area is 162 Å². The molecule has 9 heteroatoms. The Morgan fingerprint density at radius 2 is 1.96 bits per heavy atom. The number of hydrogen-bond donors (Lipinski definition) is 1. The van der Waals surface area contributed by atoms with Crippen LogP contribution in [-0.2, 0) is 9.59 Å². The van der Waals surface area contributed by atoms with Crippen LogP contribution in [0.3, 0.4) is 0 Å². The Morgan fingerprint density at radius 3 is 2.59 bits per heavy atom. The van der Waals surface area contributed by atoms with Gasteiger partial charge in [-0.1, -0.05) is 18.2 Å². The number of carbonyl (C=O) groups excluding carboxylic acids is 2. The third kappa shape index (κ3) is 3.68. The zero-order chi connectivity index (χ0) is 19.6. The summed E-state index contributed by atoms with van der Waals surface area (Å²) in [4.78, 5) is 35.6. The van der Waals surface area contributed by atoms with Gasteiger partial charge in [-0.15, -0.1) is 0 Å². The maximum absolute atomic E-state index is 12.6. The van der Waals surface area contributed by atoms with Gasteiger partial charge >= 0.3 is 5.69 Å². The molecule has 8 nitrogen and oxygen atoms in total. The molecule has 0 radical (unpaired) electrons. The molecule has 2 aromatic carbocycles. The van der Waals surface area contributed by atoms with Crippen LogP contribution in [0, 0.1) is 10.1 Å². The first-order chi connectivity index (χ1) is 12.9. The van der Waals surface area contributed by atoms with E-state index in [9.17, 15) is 19.7 Å². The lowest BCUT2D eigenvalue weighted by molar-refractivity contribution is -0.385. The van der Waals surface area contributed by atoms with Crippen LogP contribution in [0.25, 0.3) is 6.08 Å². The number of para-hydroxylation sites is 1. The first kappa shape index (κ1) is 18.6. The number of nitro benzene ring substituents is 1. The molecule has 2 amide bonds. The molecule has 1 aliphatic heterocycles. The molecule has 1 fully saturated rings. The minimum absolute atomic E-state index is 0.0952. The predicted molar refractivity (Wildman–Crippen MR) is 102 cm³/mol. The van der Waals surface area contributed by atoms with E-state index in [1.54, 1.807) is 43.3 Å². The van der Waals surface area contributed by atoms with Crippen molar-refractivity contribution in [1.29, 1.82) is 0 Å². The second-order valence-corrected chi connectivity index (χ2v) is 6.37. The van der Waals surface area contributed by atoms with E-state index in [-0.39, 0.29) is 23.6 Å². The van der Waals surface area contributed by atoms with E-state index >= 15 is 0 Å². The number of anilines is 1. The van der Waals surface area contributed by atoms with Crippen LogP contribution in [0.5, 0.6) is 5.75 Å². The number of nitrogens with zero attached hydrogens (tertiary/aromatic N) is 2. The number of ether oxygens (including phenoxy) is 1. The molecule has 0 aliphatic carbocycles. The molecule has 1 N–H and O–H groups in total. The van der Waals surface area contributed by atoms with Crippen LogP contribution in [-0.4, -0.2) is 23.3 Å². The highest BCUT2D eigenvalue weighted by Crippen LogP contribution is 2.37. The van der Waals surface area contributed by atoms with Crippen molar-refractivity contribution in [3.05, 3.63) is 68.2 Å². The normalized spacial score (nSPS) is 15.2. The molecule has 0 atom stereocenters. The van der Waals surface area contributed by atoms with Crippen molar-refractivity contribution in [3.63, 3.8) is 0 Å². The summed E-state index contributed by atoms with van der Waals surface area (Å²) in [5.74, 6) is -1.03. The summed E-state index contributed by atoms with van der Waals surface area (Å²) in [7, 11) is 0. The summed E-state index contributed by atoms with van der Waals surface area (Å²) >= 11 is 3.24. The molecule has 1 saturated heterocycles. The quantitative estimate of drug-likeness (QED) is 0.338. The summed E-state index contributed by atoms with van der Waals surface area (Å²) < 4.78 is 5.67. The molecule has 0 spiro atoms. The fourth-order valence-electron chi connectivity index (χ4n) is 2.59. The molecule has 1 aliphatic rings. The number of nitro groups is 1. The van der Waals surface area contributed by atoms with E-state index < -0.39 is 16.7 Å². The third-order valence-corrected chi connectivity index (χ3v) is 4.34. The molecule has 27 heavy (non-hydrogen) atoms. The summed E-state index contributed by atoms with van der Waals surface area (Å²) in [6.07, 6.45) is 1.31. The second-order valence-electron chi connectivity index (χ2n) is 5.52. The maximum Gasteiger partial charge on any atom is 0.312 e. The van der Waals surface area contributed by atoms with Crippen molar-refractivity contribution in [2.24, 2.45) is 0 Å². The third-order valence-electron chi connectivity index (χ3n) is 3.75. The van der Waals surface area contributed by atoms with Crippen molar-refractivity contribution >= 4 is 45.2 Å². The number of benzene rings is 2. The van der Waals surface area contributed by atoms with Crippen molar-refractivity contribution in [2.75, 3.05) is 11.6 Å². The van der Waals surface area contributed by atoms with Gasteiger partial charge in [-0.3, -0.25) is 25.1 Å².